The zero-order valence-electron chi connectivity index (χ0n) is 16.4. The summed E-state index contributed by atoms with van der Waals surface area (Å²) in [4.78, 5) is 0. The maximum atomic E-state index is 14.1. The lowest BCUT2D eigenvalue weighted by Crippen LogP contribution is -2.23. The van der Waals surface area contributed by atoms with Crippen molar-refractivity contribution in [2.24, 2.45) is 17.8 Å². The average Bonchev–Trinajstić information content (AvgIpc) is 2.67. The Labute approximate surface area is 156 Å². The van der Waals surface area contributed by atoms with Crippen LogP contribution in [0, 0.1) is 43.2 Å². The highest BCUT2D eigenvalue weighted by molar-refractivity contribution is 5.38. The minimum Gasteiger partial charge on any atom is -0.486 e. The van der Waals surface area contributed by atoms with Crippen molar-refractivity contribution in [1.82, 2.24) is 0 Å². The normalized spacial score (nSPS) is 26.5. The highest BCUT2D eigenvalue weighted by atomic mass is 19.2. The molecule has 0 heterocycles. The molecule has 26 heavy (non-hydrogen) atoms. The Morgan fingerprint density at radius 3 is 2.31 bits per heavy atom. The third kappa shape index (κ3) is 4.29. The summed E-state index contributed by atoms with van der Waals surface area (Å²) in [7, 11) is 0. The average molecular weight is 363 g/mol. The van der Waals surface area contributed by atoms with Crippen LogP contribution in [0.2, 0.25) is 0 Å². The van der Waals surface area contributed by atoms with Gasteiger partial charge in [-0.25, -0.2) is 4.39 Å². The van der Waals surface area contributed by atoms with E-state index in [1.165, 1.54) is 44.1 Å². The van der Waals surface area contributed by atoms with Crippen molar-refractivity contribution in [2.45, 2.75) is 72.1 Å². The maximum absolute atomic E-state index is 14.1. The molecule has 0 aliphatic heterocycles. The SMILES string of the molecule is CCC1CCC(C2CC=C(COc3c(C)cc(C)c(F)c3F)CC2)CC1. The topological polar surface area (TPSA) is 9.23 Å². The molecule has 2 aliphatic carbocycles. The number of hydrogen-bond donors (Lipinski definition) is 0. The number of allylic oxidation sites excluding steroid dienone is 1. The molecule has 1 atom stereocenters. The molecule has 0 bridgehead atoms. The number of halogens is 2. The molecular formula is C23H32F2O. The first-order chi connectivity index (χ1) is 12.5. The molecule has 1 fully saturated rings. The number of aryl methyl sites for hydroxylation is 2. The third-order valence-electron chi connectivity index (χ3n) is 6.61. The van der Waals surface area contributed by atoms with Gasteiger partial charge >= 0.3 is 0 Å². The maximum Gasteiger partial charge on any atom is 0.201 e. The number of benzene rings is 1. The highest BCUT2D eigenvalue weighted by Crippen LogP contribution is 2.40. The zero-order valence-corrected chi connectivity index (χ0v) is 16.4. The first-order valence-electron chi connectivity index (χ1n) is 10.3. The van der Waals surface area contributed by atoms with E-state index >= 15 is 0 Å². The monoisotopic (exact) mass is 362 g/mol. The van der Waals surface area contributed by atoms with E-state index in [-0.39, 0.29) is 5.75 Å². The van der Waals surface area contributed by atoms with Gasteiger partial charge in [0.25, 0.3) is 0 Å². The fourth-order valence-corrected chi connectivity index (χ4v) is 4.78. The second-order valence-electron chi connectivity index (χ2n) is 8.34. The van der Waals surface area contributed by atoms with Gasteiger partial charge in [0.2, 0.25) is 5.82 Å². The molecule has 0 amide bonds. The predicted octanol–water partition coefficient (Wildman–Crippen LogP) is 6.90. The van der Waals surface area contributed by atoms with Gasteiger partial charge in [0.05, 0.1) is 0 Å². The fourth-order valence-electron chi connectivity index (χ4n) is 4.78. The Bertz CT molecular complexity index is 657. The van der Waals surface area contributed by atoms with Crippen LogP contribution >= 0.6 is 0 Å². The van der Waals surface area contributed by atoms with E-state index < -0.39 is 11.6 Å². The summed E-state index contributed by atoms with van der Waals surface area (Å²) in [5.41, 5.74) is 2.21. The van der Waals surface area contributed by atoms with Crippen LogP contribution in [-0.2, 0) is 0 Å². The third-order valence-corrected chi connectivity index (χ3v) is 6.61. The van der Waals surface area contributed by atoms with Crippen molar-refractivity contribution in [3.05, 3.63) is 40.5 Å². The molecule has 0 radical (unpaired) electrons. The van der Waals surface area contributed by atoms with Crippen molar-refractivity contribution in [3.8, 4) is 5.75 Å². The summed E-state index contributed by atoms with van der Waals surface area (Å²) in [6.45, 7) is 6.02. The van der Waals surface area contributed by atoms with E-state index in [1.807, 2.05) is 0 Å². The van der Waals surface area contributed by atoms with Crippen molar-refractivity contribution in [1.29, 1.82) is 0 Å². The first-order valence-corrected chi connectivity index (χ1v) is 10.3. The van der Waals surface area contributed by atoms with Crippen LogP contribution in [0.3, 0.4) is 0 Å². The Balaban J connectivity index is 1.54. The lowest BCUT2D eigenvalue weighted by Gasteiger charge is -2.35. The predicted molar refractivity (Wildman–Crippen MR) is 102 cm³/mol. The minimum atomic E-state index is -0.857. The van der Waals surface area contributed by atoms with Crippen LogP contribution in [-0.4, -0.2) is 6.61 Å². The summed E-state index contributed by atoms with van der Waals surface area (Å²) in [5, 5.41) is 0. The molecule has 0 aromatic heterocycles. The standard InChI is InChI=1S/C23H32F2O/c1-4-17-5-9-19(10-6-17)20-11-7-18(8-12-20)14-26-23-16(3)13-15(2)21(24)22(23)25/h7,13,17,19-20H,4-6,8-12,14H2,1-3H3. The molecule has 144 valence electrons. The van der Waals surface area contributed by atoms with Gasteiger partial charge in [-0.1, -0.05) is 32.3 Å². The molecule has 0 spiro atoms. The Kier molecular flexibility index (Phi) is 6.37. The number of ether oxygens (including phenoxy) is 1. The summed E-state index contributed by atoms with van der Waals surface area (Å²) >= 11 is 0. The van der Waals surface area contributed by atoms with Crippen LogP contribution < -0.4 is 4.74 Å². The summed E-state index contributed by atoms with van der Waals surface area (Å²) < 4.78 is 33.6. The van der Waals surface area contributed by atoms with E-state index in [0.717, 1.165) is 30.6 Å². The number of hydrogen-bond acceptors (Lipinski definition) is 1. The molecule has 0 N–H and O–H groups in total. The van der Waals surface area contributed by atoms with Gasteiger partial charge in [-0.15, -0.1) is 0 Å². The second-order valence-corrected chi connectivity index (χ2v) is 8.34. The van der Waals surface area contributed by atoms with Crippen LogP contribution in [0.15, 0.2) is 17.7 Å². The first kappa shape index (κ1) is 19.4. The fraction of sp³-hybridized carbons (Fsp3) is 0.652. The smallest absolute Gasteiger partial charge is 0.201 e. The second kappa shape index (κ2) is 8.54. The summed E-state index contributed by atoms with van der Waals surface area (Å²) in [6, 6.07) is 1.64. The van der Waals surface area contributed by atoms with Gasteiger partial charge in [0, 0.05) is 0 Å². The Morgan fingerprint density at radius 1 is 0.962 bits per heavy atom. The van der Waals surface area contributed by atoms with Gasteiger partial charge < -0.3 is 4.74 Å². The van der Waals surface area contributed by atoms with E-state index in [9.17, 15) is 8.78 Å². The van der Waals surface area contributed by atoms with E-state index in [4.69, 9.17) is 4.74 Å². The van der Waals surface area contributed by atoms with Crippen LogP contribution in [0.1, 0.15) is 69.4 Å². The minimum absolute atomic E-state index is 0.0639. The molecule has 1 saturated carbocycles. The van der Waals surface area contributed by atoms with Gasteiger partial charge in [-0.05, 0) is 86.5 Å². The summed E-state index contributed by atoms with van der Waals surface area (Å²) in [5.74, 6) is 1.03. The largest absolute Gasteiger partial charge is 0.486 e. The molecule has 1 aromatic carbocycles. The highest BCUT2D eigenvalue weighted by Gasteiger charge is 2.28. The van der Waals surface area contributed by atoms with E-state index in [0.29, 0.717) is 17.7 Å². The van der Waals surface area contributed by atoms with Crippen molar-refractivity contribution >= 4 is 0 Å². The zero-order chi connectivity index (χ0) is 18.7. The van der Waals surface area contributed by atoms with Gasteiger partial charge in [-0.3, -0.25) is 0 Å². The quantitative estimate of drug-likeness (QED) is 0.517. The van der Waals surface area contributed by atoms with Crippen molar-refractivity contribution in [3.63, 3.8) is 0 Å². The Hall–Kier alpha value is -1.38. The molecule has 1 aromatic rings. The molecule has 3 rings (SSSR count). The van der Waals surface area contributed by atoms with Crippen LogP contribution in [0.4, 0.5) is 8.78 Å². The summed E-state index contributed by atoms with van der Waals surface area (Å²) in [6.07, 6.45) is 12.5. The van der Waals surface area contributed by atoms with E-state index in [1.54, 1.807) is 19.9 Å². The van der Waals surface area contributed by atoms with Crippen LogP contribution in [0.25, 0.3) is 0 Å². The molecule has 3 heteroatoms. The molecule has 1 unspecified atom stereocenters. The lowest BCUT2D eigenvalue weighted by atomic mass is 9.71. The van der Waals surface area contributed by atoms with Crippen molar-refractivity contribution < 1.29 is 13.5 Å². The Morgan fingerprint density at radius 2 is 1.69 bits per heavy atom. The number of rotatable bonds is 5. The molecule has 1 nitrogen and oxygen atoms in total. The van der Waals surface area contributed by atoms with Gasteiger partial charge in [0.15, 0.2) is 11.6 Å². The van der Waals surface area contributed by atoms with Crippen molar-refractivity contribution in [2.75, 3.05) is 6.61 Å². The van der Waals surface area contributed by atoms with Gasteiger partial charge in [0.1, 0.15) is 6.61 Å². The molecule has 0 saturated heterocycles. The molecular weight excluding hydrogens is 330 g/mol. The van der Waals surface area contributed by atoms with E-state index in [2.05, 4.69) is 13.0 Å². The van der Waals surface area contributed by atoms with Gasteiger partial charge in [-0.2, -0.15) is 4.39 Å². The lowest BCUT2D eigenvalue weighted by molar-refractivity contribution is 0.187. The molecule has 2 aliphatic rings. The van der Waals surface area contributed by atoms with Crippen LogP contribution in [0.5, 0.6) is 5.75 Å².